The molecular weight excluding hydrogens is 310 g/mol. The molecule has 0 saturated carbocycles. The zero-order valence-electron chi connectivity index (χ0n) is 14.0. The lowest BCUT2D eigenvalue weighted by Gasteiger charge is -2.22. The number of primary amides is 1. The van der Waals surface area contributed by atoms with Crippen LogP contribution < -0.4 is 20.5 Å². The molecule has 1 fully saturated rings. The second-order valence-corrected chi connectivity index (χ2v) is 5.59. The van der Waals surface area contributed by atoms with Crippen LogP contribution in [0.15, 0.2) is 24.3 Å². The van der Waals surface area contributed by atoms with E-state index in [4.69, 9.17) is 15.2 Å². The third-order valence-corrected chi connectivity index (χ3v) is 3.91. The highest BCUT2D eigenvalue weighted by Crippen LogP contribution is 2.28. The van der Waals surface area contributed by atoms with Crippen molar-refractivity contribution in [2.45, 2.75) is 12.5 Å². The van der Waals surface area contributed by atoms with Gasteiger partial charge in [-0.1, -0.05) is 6.07 Å². The highest BCUT2D eigenvalue weighted by atomic mass is 16.5. The number of carbonyl (C=O) groups is 2. The van der Waals surface area contributed by atoms with Gasteiger partial charge in [0.25, 0.3) is 5.91 Å². The summed E-state index contributed by atoms with van der Waals surface area (Å²) in [6, 6.07) is 5.43. The Kier molecular flexibility index (Phi) is 6.20. The molecule has 1 aromatic rings. The maximum absolute atomic E-state index is 12.2. The second kappa shape index (κ2) is 8.35. The summed E-state index contributed by atoms with van der Waals surface area (Å²) >= 11 is 0. The maximum atomic E-state index is 12.2. The lowest BCUT2D eigenvalue weighted by atomic mass is 10.1. The van der Waals surface area contributed by atoms with E-state index in [2.05, 4.69) is 5.32 Å². The molecule has 1 heterocycles. The van der Waals surface area contributed by atoms with Crippen LogP contribution in [0.5, 0.6) is 11.5 Å². The number of methoxy groups -OCH3 is 1. The predicted octanol–water partition coefficient (Wildman–Crippen LogP) is 0.393. The van der Waals surface area contributed by atoms with Crippen molar-refractivity contribution in [2.75, 3.05) is 33.9 Å². The molecule has 1 atom stereocenters. The Morgan fingerprint density at radius 1 is 1.42 bits per heavy atom. The number of benzene rings is 1. The van der Waals surface area contributed by atoms with E-state index in [1.807, 2.05) is 7.05 Å². The first-order valence-corrected chi connectivity index (χ1v) is 7.76. The van der Waals surface area contributed by atoms with Gasteiger partial charge in [0.2, 0.25) is 5.91 Å². The summed E-state index contributed by atoms with van der Waals surface area (Å²) in [5.41, 5.74) is 5.86. The molecule has 0 aliphatic carbocycles. The van der Waals surface area contributed by atoms with E-state index in [0.717, 1.165) is 25.1 Å². The molecule has 1 saturated heterocycles. The average Bonchev–Trinajstić information content (AvgIpc) is 3.11. The molecule has 0 radical (unpaired) electrons. The largest absolute Gasteiger partial charge is 0.493 e. The Labute approximate surface area is 141 Å². The van der Waals surface area contributed by atoms with Crippen LogP contribution >= 0.6 is 0 Å². The summed E-state index contributed by atoms with van der Waals surface area (Å²) in [5.74, 6) is 0.293. The normalized spacial score (nSPS) is 17.0. The molecule has 7 heteroatoms. The molecule has 0 spiro atoms. The van der Waals surface area contributed by atoms with E-state index >= 15 is 0 Å². The Morgan fingerprint density at radius 3 is 2.83 bits per heavy atom. The van der Waals surface area contributed by atoms with Gasteiger partial charge in [-0.15, -0.1) is 0 Å². The number of likely N-dealkylation sites (N-methyl/N-ethyl adjacent to an activating group) is 1. The maximum Gasteiger partial charge on any atom is 0.255 e. The van der Waals surface area contributed by atoms with Gasteiger partial charge >= 0.3 is 0 Å². The second-order valence-electron chi connectivity index (χ2n) is 5.59. The van der Waals surface area contributed by atoms with Crippen LogP contribution in [-0.2, 0) is 9.59 Å². The lowest BCUT2D eigenvalue weighted by molar-refractivity contribution is -0.126. The minimum absolute atomic E-state index is 0.0447. The SMILES string of the molecule is COc1cc(/C=C/C(=O)N(C)C2CCNC2)ccc1OCC(N)=O. The molecule has 3 N–H and O–H groups in total. The number of carbonyl (C=O) groups excluding carboxylic acids is 2. The molecule has 1 aromatic carbocycles. The molecule has 130 valence electrons. The molecule has 1 aliphatic rings. The average molecular weight is 333 g/mol. The molecule has 7 nitrogen and oxygen atoms in total. The number of nitrogens with one attached hydrogen (secondary N) is 1. The van der Waals surface area contributed by atoms with Crippen LogP contribution in [-0.4, -0.2) is 56.6 Å². The third-order valence-electron chi connectivity index (χ3n) is 3.91. The third kappa shape index (κ3) is 4.73. The van der Waals surface area contributed by atoms with Crippen LogP contribution in [0, 0.1) is 0 Å². The van der Waals surface area contributed by atoms with Crippen molar-refractivity contribution < 1.29 is 19.1 Å². The molecule has 1 unspecified atom stereocenters. The van der Waals surface area contributed by atoms with Crippen molar-refractivity contribution >= 4 is 17.9 Å². The standard InChI is InChI=1S/C17H23N3O4/c1-20(13-7-8-19-10-13)17(22)6-4-12-3-5-14(15(9-12)23-2)24-11-16(18)21/h3-6,9,13,19H,7-8,10-11H2,1-2H3,(H2,18,21)/b6-4+. The van der Waals surface area contributed by atoms with Crippen molar-refractivity contribution in [1.82, 2.24) is 10.2 Å². The summed E-state index contributed by atoms with van der Waals surface area (Å²) in [6.07, 6.45) is 4.23. The first-order valence-electron chi connectivity index (χ1n) is 7.76. The minimum Gasteiger partial charge on any atom is -0.493 e. The number of amides is 2. The van der Waals surface area contributed by atoms with Crippen molar-refractivity contribution in [3.8, 4) is 11.5 Å². The van der Waals surface area contributed by atoms with E-state index < -0.39 is 5.91 Å². The van der Waals surface area contributed by atoms with Gasteiger partial charge in [0.05, 0.1) is 7.11 Å². The Morgan fingerprint density at radius 2 is 2.21 bits per heavy atom. The van der Waals surface area contributed by atoms with Crippen molar-refractivity contribution in [1.29, 1.82) is 0 Å². The molecule has 0 bridgehead atoms. The fourth-order valence-electron chi connectivity index (χ4n) is 2.49. The first-order chi connectivity index (χ1) is 11.5. The van der Waals surface area contributed by atoms with Gasteiger partial charge < -0.3 is 25.4 Å². The van der Waals surface area contributed by atoms with Gasteiger partial charge in [0, 0.05) is 25.7 Å². The number of nitrogens with zero attached hydrogens (tertiary/aromatic N) is 1. The minimum atomic E-state index is -0.559. The highest BCUT2D eigenvalue weighted by Gasteiger charge is 2.21. The lowest BCUT2D eigenvalue weighted by Crippen LogP contribution is -2.37. The van der Waals surface area contributed by atoms with Gasteiger partial charge in [-0.25, -0.2) is 0 Å². The molecule has 1 aliphatic heterocycles. The smallest absolute Gasteiger partial charge is 0.255 e. The van der Waals surface area contributed by atoms with E-state index in [9.17, 15) is 9.59 Å². The Hall–Kier alpha value is -2.54. The van der Waals surface area contributed by atoms with Gasteiger partial charge in [-0.05, 0) is 36.7 Å². The Bertz CT molecular complexity index is 624. The summed E-state index contributed by atoms with van der Waals surface area (Å²) in [7, 11) is 3.32. The summed E-state index contributed by atoms with van der Waals surface area (Å²) in [4.78, 5) is 24.7. The van der Waals surface area contributed by atoms with Crippen LogP contribution in [0.1, 0.15) is 12.0 Å². The quantitative estimate of drug-likeness (QED) is 0.704. The topological polar surface area (TPSA) is 93.9 Å². The predicted molar refractivity (Wildman–Crippen MR) is 90.8 cm³/mol. The highest BCUT2D eigenvalue weighted by molar-refractivity contribution is 5.92. The van der Waals surface area contributed by atoms with Gasteiger partial charge in [-0.3, -0.25) is 9.59 Å². The van der Waals surface area contributed by atoms with E-state index in [1.165, 1.54) is 13.2 Å². The molecule has 24 heavy (non-hydrogen) atoms. The molecule has 2 rings (SSSR count). The number of ether oxygens (including phenoxy) is 2. The van der Waals surface area contributed by atoms with Gasteiger partial charge in [0.15, 0.2) is 18.1 Å². The number of hydrogen-bond acceptors (Lipinski definition) is 5. The monoisotopic (exact) mass is 333 g/mol. The van der Waals surface area contributed by atoms with Crippen LogP contribution in [0.2, 0.25) is 0 Å². The summed E-state index contributed by atoms with van der Waals surface area (Å²) in [5, 5.41) is 3.24. The Balaban J connectivity index is 2.03. The van der Waals surface area contributed by atoms with Gasteiger partial charge in [0.1, 0.15) is 0 Å². The molecule has 0 aromatic heterocycles. The molecular formula is C17H23N3O4. The first kappa shape index (κ1) is 17.8. The zero-order valence-corrected chi connectivity index (χ0v) is 14.0. The van der Waals surface area contributed by atoms with Crippen LogP contribution in [0.25, 0.3) is 6.08 Å². The number of nitrogens with two attached hydrogens (primary N) is 1. The van der Waals surface area contributed by atoms with Crippen molar-refractivity contribution in [3.63, 3.8) is 0 Å². The van der Waals surface area contributed by atoms with E-state index in [-0.39, 0.29) is 18.6 Å². The van der Waals surface area contributed by atoms with E-state index in [0.29, 0.717) is 11.5 Å². The molecule has 2 amide bonds. The van der Waals surface area contributed by atoms with Gasteiger partial charge in [-0.2, -0.15) is 0 Å². The van der Waals surface area contributed by atoms with E-state index in [1.54, 1.807) is 29.2 Å². The van der Waals surface area contributed by atoms with Crippen LogP contribution in [0.3, 0.4) is 0 Å². The fraction of sp³-hybridized carbons (Fsp3) is 0.412. The number of rotatable bonds is 7. The summed E-state index contributed by atoms with van der Waals surface area (Å²) < 4.78 is 10.5. The van der Waals surface area contributed by atoms with Crippen molar-refractivity contribution in [3.05, 3.63) is 29.8 Å². The summed E-state index contributed by atoms with van der Waals surface area (Å²) in [6.45, 7) is 1.55. The van der Waals surface area contributed by atoms with Crippen molar-refractivity contribution in [2.24, 2.45) is 5.73 Å². The zero-order chi connectivity index (χ0) is 17.5. The fourth-order valence-corrected chi connectivity index (χ4v) is 2.49. The van der Waals surface area contributed by atoms with Crippen LogP contribution in [0.4, 0.5) is 0 Å². The number of hydrogen-bond donors (Lipinski definition) is 2.